The second-order valence-electron chi connectivity index (χ2n) is 6.93. The van der Waals surface area contributed by atoms with Crippen molar-refractivity contribution in [3.8, 4) is 0 Å². The molecule has 0 heterocycles. The molecule has 1 amide bonds. The van der Waals surface area contributed by atoms with E-state index in [9.17, 15) is 4.79 Å². The van der Waals surface area contributed by atoms with Gasteiger partial charge in [-0.05, 0) is 55.1 Å². The first-order valence-electron chi connectivity index (χ1n) is 7.45. The third-order valence-electron chi connectivity index (χ3n) is 4.14. The van der Waals surface area contributed by atoms with Gasteiger partial charge in [0.2, 0.25) is 0 Å². The number of benzene rings is 1. The zero-order valence-corrected chi connectivity index (χ0v) is 14.8. The average molecular weight is 326 g/mol. The topological polar surface area (TPSA) is 29.1 Å². The van der Waals surface area contributed by atoms with Gasteiger partial charge in [0.1, 0.15) is 0 Å². The first kappa shape index (κ1) is 16.7. The number of nitrogens with one attached hydrogen (secondary N) is 1. The van der Waals surface area contributed by atoms with E-state index >= 15 is 0 Å². The number of rotatable bonds is 3. The zero-order valence-electron chi connectivity index (χ0n) is 13.2. The van der Waals surface area contributed by atoms with Gasteiger partial charge in [0.25, 0.3) is 5.91 Å². The van der Waals surface area contributed by atoms with Crippen molar-refractivity contribution >= 4 is 29.3 Å². The minimum atomic E-state index is -0.0502. The maximum absolute atomic E-state index is 12.5. The molecule has 2 nitrogen and oxygen atoms in total. The molecule has 1 aromatic rings. The molecule has 1 fully saturated rings. The van der Waals surface area contributed by atoms with Gasteiger partial charge in [0, 0.05) is 10.9 Å². The molecule has 0 aromatic heterocycles. The van der Waals surface area contributed by atoms with Crippen LogP contribution >= 0.6 is 23.4 Å². The van der Waals surface area contributed by atoms with Crippen molar-refractivity contribution in [2.24, 2.45) is 11.3 Å². The number of carbonyl (C=O) groups is 1. The van der Waals surface area contributed by atoms with E-state index in [1.54, 1.807) is 17.8 Å². The summed E-state index contributed by atoms with van der Waals surface area (Å²) in [6.07, 6.45) is 5.30. The van der Waals surface area contributed by atoms with Crippen LogP contribution in [0.15, 0.2) is 23.1 Å². The van der Waals surface area contributed by atoms with Gasteiger partial charge in [-0.25, -0.2) is 0 Å². The van der Waals surface area contributed by atoms with Crippen molar-refractivity contribution < 1.29 is 4.79 Å². The molecule has 0 saturated heterocycles. The normalized spacial score (nSPS) is 24.6. The standard InChI is InChI=1S/C17H24ClNOS/c1-11-7-12(10-17(2,3)9-11)19-16(20)14-8-13(21-4)5-6-15(14)18/h5-6,8,11-12H,7,9-10H2,1-4H3,(H,19,20). The van der Waals surface area contributed by atoms with Crippen molar-refractivity contribution in [1.82, 2.24) is 5.32 Å². The van der Waals surface area contributed by atoms with Gasteiger partial charge in [-0.3, -0.25) is 4.79 Å². The van der Waals surface area contributed by atoms with Gasteiger partial charge < -0.3 is 5.32 Å². The van der Waals surface area contributed by atoms with Crippen molar-refractivity contribution in [2.75, 3.05) is 6.26 Å². The zero-order chi connectivity index (χ0) is 15.6. The van der Waals surface area contributed by atoms with Crippen LogP contribution in [0.2, 0.25) is 5.02 Å². The fourth-order valence-electron chi connectivity index (χ4n) is 3.52. The number of halogens is 1. The Morgan fingerprint density at radius 3 is 2.71 bits per heavy atom. The van der Waals surface area contributed by atoms with Crippen LogP contribution in [0.25, 0.3) is 0 Å². The van der Waals surface area contributed by atoms with Crippen LogP contribution in [0, 0.1) is 11.3 Å². The molecule has 0 radical (unpaired) electrons. The fraction of sp³-hybridized carbons (Fsp3) is 0.588. The maximum atomic E-state index is 12.5. The molecule has 0 aliphatic heterocycles. The second kappa shape index (κ2) is 6.62. The predicted octanol–water partition coefficient (Wildman–Crippen LogP) is 5.01. The molecule has 116 valence electrons. The number of amides is 1. The minimum absolute atomic E-state index is 0.0502. The molecule has 1 aromatic carbocycles. The molecule has 1 aliphatic rings. The lowest BCUT2D eigenvalue weighted by atomic mass is 9.70. The highest BCUT2D eigenvalue weighted by molar-refractivity contribution is 7.98. The van der Waals surface area contributed by atoms with Gasteiger partial charge in [0.05, 0.1) is 10.6 Å². The van der Waals surface area contributed by atoms with Crippen LogP contribution in [-0.2, 0) is 0 Å². The van der Waals surface area contributed by atoms with Gasteiger partial charge in [-0.1, -0.05) is 32.4 Å². The molecular weight excluding hydrogens is 302 g/mol. The Kier molecular flexibility index (Phi) is 5.26. The summed E-state index contributed by atoms with van der Waals surface area (Å²) >= 11 is 7.80. The fourth-order valence-corrected chi connectivity index (χ4v) is 4.17. The van der Waals surface area contributed by atoms with Crippen molar-refractivity contribution in [3.05, 3.63) is 28.8 Å². The first-order valence-corrected chi connectivity index (χ1v) is 9.05. The Hall–Kier alpha value is -0.670. The molecule has 1 N–H and O–H groups in total. The van der Waals surface area contributed by atoms with E-state index in [1.165, 1.54) is 6.42 Å². The Balaban J connectivity index is 2.11. The lowest BCUT2D eigenvalue weighted by molar-refractivity contribution is 0.0874. The number of thioether (sulfide) groups is 1. The van der Waals surface area contributed by atoms with Crippen LogP contribution in [0.1, 0.15) is 50.4 Å². The smallest absolute Gasteiger partial charge is 0.253 e. The van der Waals surface area contributed by atoms with Crippen molar-refractivity contribution in [1.29, 1.82) is 0 Å². The largest absolute Gasteiger partial charge is 0.349 e. The minimum Gasteiger partial charge on any atom is -0.349 e. The molecule has 2 unspecified atom stereocenters. The summed E-state index contributed by atoms with van der Waals surface area (Å²) < 4.78 is 0. The molecule has 21 heavy (non-hydrogen) atoms. The van der Waals surface area contributed by atoms with E-state index < -0.39 is 0 Å². The Bertz CT molecular complexity index is 530. The summed E-state index contributed by atoms with van der Waals surface area (Å²) in [6, 6.07) is 5.86. The Morgan fingerprint density at radius 1 is 1.38 bits per heavy atom. The van der Waals surface area contributed by atoms with E-state index in [0.717, 1.165) is 17.7 Å². The third kappa shape index (κ3) is 4.40. The number of hydrogen-bond donors (Lipinski definition) is 1. The summed E-state index contributed by atoms with van der Waals surface area (Å²) in [4.78, 5) is 13.6. The van der Waals surface area contributed by atoms with E-state index in [1.807, 2.05) is 18.4 Å². The monoisotopic (exact) mass is 325 g/mol. The van der Waals surface area contributed by atoms with Crippen LogP contribution in [0.3, 0.4) is 0 Å². The lowest BCUT2D eigenvalue weighted by Crippen LogP contribution is -2.43. The summed E-state index contributed by atoms with van der Waals surface area (Å²) in [5.74, 6) is 0.595. The molecule has 2 rings (SSSR count). The van der Waals surface area contributed by atoms with Gasteiger partial charge in [-0.2, -0.15) is 0 Å². The lowest BCUT2D eigenvalue weighted by Gasteiger charge is -2.39. The molecule has 0 spiro atoms. The molecule has 4 heteroatoms. The van der Waals surface area contributed by atoms with Crippen molar-refractivity contribution in [3.63, 3.8) is 0 Å². The highest BCUT2D eigenvalue weighted by atomic mass is 35.5. The average Bonchev–Trinajstić information content (AvgIpc) is 2.36. The summed E-state index contributed by atoms with van der Waals surface area (Å²) in [5, 5.41) is 3.70. The molecule has 0 bridgehead atoms. The Labute approximate surface area is 137 Å². The second-order valence-corrected chi connectivity index (χ2v) is 8.22. The van der Waals surface area contributed by atoms with E-state index in [4.69, 9.17) is 11.6 Å². The van der Waals surface area contributed by atoms with Crippen LogP contribution < -0.4 is 5.32 Å². The molecule has 2 atom stereocenters. The first-order chi connectivity index (χ1) is 9.80. The summed E-state index contributed by atoms with van der Waals surface area (Å²) in [7, 11) is 0. The van der Waals surface area contributed by atoms with E-state index in [-0.39, 0.29) is 11.9 Å². The van der Waals surface area contributed by atoms with Crippen molar-refractivity contribution in [2.45, 2.75) is 51.0 Å². The molecule has 1 saturated carbocycles. The quantitative estimate of drug-likeness (QED) is 0.792. The highest BCUT2D eigenvalue weighted by Gasteiger charge is 2.33. The van der Waals surface area contributed by atoms with E-state index in [2.05, 4.69) is 26.1 Å². The molecule has 1 aliphatic carbocycles. The predicted molar refractivity (Wildman–Crippen MR) is 91.3 cm³/mol. The highest BCUT2D eigenvalue weighted by Crippen LogP contribution is 2.38. The SMILES string of the molecule is CSc1ccc(Cl)c(C(=O)NC2CC(C)CC(C)(C)C2)c1. The van der Waals surface area contributed by atoms with Gasteiger partial charge in [0.15, 0.2) is 0 Å². The third-order valence-corrected chi connectivity index (χ3v) is 5.20. The number of hydrogen-bond acceptors (Lipinski definition) is 2. The maximum Gasteiger partial charge on any atom is 0.253 e. The summed E-state index contributed by atoms with van der Waals surface area (Å²) in [6.45, 7) is 6.83. The summed E-state index contributed by atoms with van der Waals surface area (Å²) in [5.41, 5.74) is 0.875. The van der Waals surface area contributed by atoms with Crippen LogP contribution in [-0.4, -0.2) is 18.2 Å². The van der Waals surface area contributed by atoms with E-state index in [0.29, 0.717) is 21.9 Å². The van der Waals surface area contributed by atoms with Gasteiger partial charge in [-0.15, -0.1) is 11.8 Å². The Morgan fingerprint density at radius 2 is 2.10 bits per heavy atom. The van der Waals surface area contributed by atoms with Crippen LogP contribution in [0.5, 0.6) is 0 Å². The number of carbonyl (C=O) groups excluding carboxylic acids is 1. The van der Waals surface area contributed by atoms with Crippen LogP contribution in [0.4, 0.5) is 0 Å². The molecular formula is C17H24ClNOS. The van der Waals surface area contributed by atoms with Gasteiger partial charge >= 0.3 is 0 Å².